The Morgan fingerprint density at radius 3 is 2.41 bits per heavy atom. The zero-order chi connectivity index (χ0) is 26.4. The van der Waals surface area contributed by atoms with Crippen LogP contribution in [-0.2, 0) is 17.6 Å². The monoisotopic (exact) mass is 498 g/mol. The van der Waals surface area contributed by atoms with Crippen LogP contribution in [0.4, 0.5) is 0 Å². The molecule has 0 aliphatic rings. The molecule has 8 heteroatoms. The van der Waals surface area contributed by atoms with Crippen LogP contribution in [0.3, 0.4) is 0 Å². The van der Waals surface area contributed by atoms with Crippen molar-refractivity contribution in [2.75, 3.05) is 0 Å². The molecule has 3 aromatic carbocycles. The van der Waals surface area contributed by atoms with Crippen molar-refractivity contribution in [3.05, 3.63) is 101 Å². The van der Waals surface area contributed by atoms with Crippen LogP contribution >= 0.6 is 0 Å². The Balaban J connectivity index is 1.55. The Kier molecular flexibility index (Phi) is 8.10. The van der Waals surface area contributed by atoms with Gasteiger partial charge in [-0.2, -0.15) is 0 Å². The normalized spacial score (nSPS) is 13.6. The van der Waals surface area contributed by atoms with Crippen molar-refractivity contribution in [2.45, 2.75) is 38.3 Å². The molecular weight excluding hydrogens is 468 g/mol. The van der Waals surface area contributed by atoms with E-state index in [4.69, 9.17) is 5.73 Å². The number of hydrogen-bond donors (Lipinski definition) is 4. The third-order valence-corrected chi connectivity index (χ3v) is 6.39. The Morgan fingerprint density at radius 1 is 0.973 bits per heavy atom. The van der Waals surface area contributed by atoms with Gasteiger partial charge in [0.25, 0.3) is 5.91 Å². The van der Waals surface area contributed by atoms with Gasteiger partial charge in [-0.05, 0) is 55.5 Å². The zero-order valence-corrected chi connectivity index (χ0v) is 20.5. The number of phenolic OH excluding ortho intramolecular Hbond substituents is 1. The minimum atomic E-state index is -1.10. The lowest BCUT2D eigenvalue weighted by atomic mass is 9.88. The molecular formula is C29H30N4O4. The van der Waals surface area contributed by atoms with E-state index in [2.05, 4.69) is 15.3 Å². The molecule has 0 saturated carbocycles. The first-order valence-corrected chi connectivity index (χ1v) is 12.1. The summed E-state index contributed by atoms with van der Waals surface area (Å²) in [5.74, 6) is -1.76. The molecule has 3 atom stereocenters. The number of primary amides is 1. The summed E-state index contributed by atoms with van der Waals surface area (Å²) < 4.78 is 0. The maximum absolute atomic E-state index is 13.1. The van der Waals surface area contributed by atoms with Gasteiger partial charge in [0.1, 0.15) is 11.4 Å². The Morgan fingerprint density at radius 2 is 1.68 bits per heavy atom. The van der Waals surface area contributed by atoms with Crippen LogP contribution in [-0.4, -0.2) is 44.1 Å². The lowest BCUT2D eigenvalue weighted by molar-refractivity contribution is -0.122. The van der Waals surface area contributed by atoms with Crippen LogP contribution < -0.4 is 11.1 Å². The van der Waals surface area contributed by atoms with E-state index in [-0.39, 0.29) is 24.3 Å². The SMILES string of the molecule is Cc1ccc(O)c(CC(CC(O)C(Cc2ccccc2)NC(=O)c2cnc3ccccc3n2)C(N)=O)c1. The number of amides is 2. The number of para-hydroxylation sites is 2. The van der Waals surface area contributed by atoms with Crippen molar-refractivity contribution in [1.29, 1.82) is 0 Å². The van der Waals surface area contributed by atoms with Crippen LogP contribution in [0.1, 0.15) is 33.6 Å². The van der Waals surface area contributed by atoms with Gasteiger partial charge in [0, 0.05) is 5.92 Å². The number of benzene rings is 3. The summed E-state index contributed by atoms with van der Waals surface area (Å²) in [6.07, 6.45) is 0.806. The fraction of sp³-hybridized carbons (Fsp3) is 0.241. The lowest BCUT2D eigenvalue weighted by Crippen LogP contribution is -2.46. The van der Waals surface area contributed by atoms with Gasteiger partial charge in [0.15, 0.2) is 0 Å². The molecule has 5 N–H and O–H groups in total. The number of aryl methyl sites for hydroxylation is 1. The first kappa shape index (κ1) is 25.8. The van der Waals surface area contributed by atoms with Gasteiger partial charge in [0.2, 0.25) is 5.91 Å². The number of aromatic hydroxyl groups is 1. The first-order chi connectivity index (χ1) is 17.8. The van der Waals surface area contributed by atoms with Crippen molar-refractivity contribution in [1.82, 2.24) is 15.3 Å². The van der Waals surface area contributed by atoms with Crippen LogP contribution in [0.5, 0.6) is 5.75 Å². The molecule has 0 aliphatic carbocycles. The predicted octanol–water partition coefficient (Wildman–Crippen LogP) is 3.08. The fourth-order valence-corrected chi connectivity index (χ4v) is 4.36. The molecule has 4 rings (SSSR count). The summed E-state index contributed by atoms with van der Waals surface area (Å²) in [4.78, 5) is 34.1. The zero-order valence-electron chi connectivity index (χ0n) is 20.5. The summed E-state index contributed by atoms with van der Waals surface area (Å²) in [6.45, 7) is 1.89. The number of aliphatic hydroxyl groups excluding tert-OH is 1. The maximum Gasteiger partial charge on any atom is 0.271 e. The highest BCUT2D eigenvalue weighted by Crippen LogP contribution is 2.25. The largest absolute Gasteiger partial charge is 0.508 e. The summed E-state index contributed by atoms with van der Waals surface area (Å²) in [5, 5.41) is 24.4. The molecule has 4 aromatic rings. The molecule has 0 fully saturated rings. The van der Waals surface area contributed by atoms with Crippen molar-refractivity contribution >= 4 is 22.8 Å². The van der Waals surface area contributed by atoms with Gasteiger partial charge >= 0.3 is 0 Å². The van der Waals surface area contributed by atoms with E-state index in [1.807, 2.05) is 55.5 Å². The van der Waals surface area contributed by atoms with Crippen molar-refractivity contribution in [2.24, 2.45) is 11.7 Å². The lowest BCUT2D eigenvalue weighted by Gasteiger charge is -2.27. The number of rotatable bonds is 10. The molecule has 0 saturated heterocycles. The maximum atomic E-state index is 13.1. The first-order valence-electron chi connectivity index (χ1n) is 12.1. The predicted molar refractivity (Wildman–Crippen MR) is 141 cm³/mol. The number of fused-ring (bicyclic) bond motifs is 1. The molecule has 3 unspecified atom stereocenters. The van der Waals surface area contributed by atoms with Crippen molar-refractivity contribution < 1.29 is 19.8 Å². The molecule has 0 radical (unpaired) electrons. The van der Waals surface area contributed by atoms with Crippen molar-refractivity contribution in [3.63, 3.8) is 0 Å². The van der Waals surface area contributed by atoms with E-state index in [0.717, 1.165) is 11.1 Å². The van der Waals surface area contributed by atoms with Crippen molar-refractivity contribution in [3.8, 4) is 5.75 Å². The molecule has 1 aromatic heterocycles. The van der Waals surface area contributed by atoms with E-state index in [0.29, 0.717) is 23.0 Å². The Labute approximate surface area is 215 Å². The topological polar surface area (TPSA) is 138 Å². The second-order valence-electron chi connectivity index (χ2n) is 9.25. The van der Waals surface area contributed by atoms with Gasteiger partial charge in [-0.3, -0.25) is 14.6 Å². The summed E-state index contributed by atoms with van der Waals surface area (Å²) in [7, 11) is 0. The molecule has 190 valence electrons. The summed E-state index contributed by atoms with van der Waals surface area (Å²) >= 11 is 0. The van der Waals surface area contributed by atoms with Gasteiger partial charge in [-0.15, -0.1) is 0 Å². The smallest absolute Gasteiger partial charge is 0.271 e. The second kappa shape index (κ2) is 11.6. The quantitative estimate of drug-likeness (QED) is 0.265. The van der Waals surface area contributed by atoms with E-state index in [1.165, 1.54) is 6.20 Å². The number of aliphatic hydroxyl groups is 1. The number of nitrogens with zero attached hydrogens (tertiary/aromatic N) is 2. The highest BCUT2D eigenvalue weighted by molar-refractivity contribution is 5.94. The molecule has 0 spiro atoms. The van der Waals surface area contributed by atoms with Crippen LogP contribution in [0.25, 0.3) is 11.0 Å². The molecule has 2 amide bonds. The van der Waals surface area contributed by atoms with Crippen LogP contribution in [0, 0.1) is 12.8 Å². The van der Waals surface area contributed by atoms with E-state index < -0.39 is 29.9 Å². The van der Waals surface area contributed by atoms with E-state index in [1.54, 1.807) is 24.3 Å². The molecule has 37 heavy (non-hydrogen) atoms. The fourth-order valence-electron chi connectivity index (χ4n) is 4.36. The van der Waals surface area contributed by atoms with E-state index >= 15 is 0 Å². The number of carbonyl (C=O) groups is 2. The minimum Gasteiger partial charge on any atom is -0.508 e. The highest BCUT2D eigenvalue weighted by atomic mass is 16.3. The van der Waals surface area contributed by atoms with Gasteiger partial charge in [-0.25, -0.2) is 4.98 Å². The average Bonchev–Trinajstić information content (AvgIpc) is 2.90. The highest BCUT2D eigenvalue weighted by Gasteiger charge is 2.29. The molecule has 1 heterocycles. The Hall–Kier alpha value is -4.30. The second-order valence-corrected chi connectivity index (χ2v) is 9.25. The van der Waals surface area contributed by atoms with Gasteiger partial charge in [-0.1, -0.05) is 60.2 Å². The third-order valence-electron chi connectivity index (χ3n) is 6.39. The minimum absolute atomic E-state index is 0.00386. The van der Waals surface area contributed by atoms with E-state index in [9.17, 15) is 19.8 Å². The molecule has 0 bridgehead atoms. The van der Waals surface area contributed by atoms with Gasteiger partial charge in [0.05, 0.1) is 29.4 Å². The molecule has 0 aliphatic heterocycles. The average molecular weight is 499 g/mol. The third kappa shape index (κ3) is 6.68. The number of nitrogens with two attached hydrogens (primary N) is 1. The summed E-state index contributed by atoms with van der Waals surface area (Å²) in [6, 6.07) is 21.1. The Bertz CT molecular complexity index is 1390. The van der Waals surface area contributed by atoms with Crippen LogP contribution in [0.2, 0.25) is 0 Å². The number of hydrogen-bond acceptors (Lipinski definition) is 6. The number of aromatic nitrogens is 2. The number of nitrogens with one attached hydrogen (secondary N) is 1. The standard InChI is InChI=1S/C29H30N4O4/c1-18-11-12-26(34)20(13-18)15-21(28(30)36)16-27(35)24(14-19-7-3-2-4-8-19)33-29(37)25-17-31-22-9-5-6-10-23(22)32-25/h2-13,17,21,24,27,34-35H,14-16H2,1H3,(H2,30,36)(H,33,37). The summed E-state index contributed by atoms with van der Waals surface area (Å²) in [5.41, 5.74) is 9.48. The number of phenols is 1. The molecule has 8 nitrogen and oxygen atoms in total. The van der Waals surface area contributed by atoms with Gasteiger partial charge < -0.3 is 21.3 Å². The number of carbonyl (C=O) groups excluding carboxylic acids is 2. The van der Waals surface area contributed by atoms with Crippen LogP contribution in [0.15, 0.2) is 79.0 Å².